The molecule has 2 aromatic rings. The van der Waals surface area contributed by atoms with Gasteiger partial charge in [-0.25, -0.2) is 9.37 Å². The summed E-state index contributed by atoms with van der Waals surface area (Å²) in [5.41, 5.74) is 0.998. The smallest absolute Gasteiger partial charge is 0.257 e. The molecule has 22 heavy (non-hydrogen) atoms. The van der Waals surface area contributed by atoms with Crippen LogP contribution in [-0.2, 0) is 11.8 Å². The first-order chi connectivity index (χ1) is 10.6. The molecule has 3 rings (SSSR count). The van der Waals surface area contributed by atoms with E-state index in [0.717, 1.165) is 11.5 Å². The Morgan fingerprint density at radius 1 is 1.41 bits per heavy atom. The Kier molecular flexibility index (Phi) is 3.94. The van der Waals surface area contributed by atoms with Crippen LogP contribution in [0.2, 0.25) is 0 Å². The third kappa shape index (κ3) is 2.74. The average Bonchev–Trinajstić information content (AvgIpc) is 2.86. The number of ether oxygens (including phenoxy) is 1. The third-order valence-corrected chi connectivity index (χ3v) is 3.78. The molecule has 1 aliphatic heterocycles. The van der Waals surface area contributed by atoms with Crippen LogP contribution < -0.4 is 0 Å². The fourth-order valence-corrected chi connectivity index (χ4v) is 2.73. The molecule has 1 amide bonds. The van der Waals surface area contributed by atoms with Crippen molar-refractivity contribution in [1.82, 2.24) is 14.5 Å². The molecule has 1 aromatic carbocycles. The van der Waals surface area contributed by atoms with E-state index in [1.165, 1.54) is 12.1 Å². The topological polar surface area (TPSA) is 47.4 Å². The standard InChI is InChI=1S/C16H18FN3O2/c1-11-9-19(2)15(18-11)14-10-20(7-8-22-14)16(21)12-5-3-4-6-13(12)17/h3-6,9,14H,7-8,10H2,1-2H3. The molecular formula is C16H18FN3O2. The van der Waals surface area contributed by atoms with Gasteiger partial charge >= 0.3 is 0 Å². The minimum atomic E-state index is -0.497. The van der Waals surface area contributed by atoms with Gasteiger partial charge in [0.25, 0.3) is 5.91 Å². The van der Waals surface area contributed by atoms with Gasteiger partial charge in [0.2, 0.25) is 0 Å². The Morgan fingerprint density at radius 3 is 2.86 bits per heavy atom. The molecule has 0 spiro atoms. The van der Waals surface area contributed by atoms with E-state index in [2.05, 4.69) is 4.98 Å². The van der Waals surface area contributed by atoms with Crippen molar-refractivity contribution in [1.29, 1.82) is 0 Å². The van der Waals surface area contributed by atoms with Crippen molar-refractivity contribution in [3.8, 4) is 0 Å². The number of carbonyl (C=O) groups is 1. The van der Waals surface area contributed by atoms with Gasteiger partial charge in [-0.3, -0.25) is 4.79 Å². The Morgan fingerprint density at radius 2 is 2.18 bits per heavy atom. The van der Waals surface area contributed by atoms with Gasteiger partial charge in [0.05, 0.1) is 24.4 Å². The van der Waals surface area contributed by atoms with E-state index in [4.69, 9.17) is 4.74 Å². The third-order valence-electron chi connectivity index (χ3n) is 3.78. The molecule has 1 atom stereocenters. The van der Waals surface area contributed by atoms with E-state index in [0.29, 0.717) is 19.7 Å². The molecule has 0 bridgehead atoms. The van der Waals surface area contributed by atoms with Crippen molar-refractivity contribution >= 4 is 5.91 Å². The number of hydrogen-bond acceptors (Lipinski definition) is 3. The molecule has 6 heteroatoms. The highest BCUT2D eigenvalue weighted by atomic mass is 19.1. The van der Waals surface area contributed by atoms with Gasteiger partial charge in [-0.05, 0) is 19.1 Å². The van der Waals surface area contributed by atoms with Gasteiger partial charge in [0.15, 0.2) is 0 Å². The number of nitrogens with zero attached hydrogens (tertiary/aromatic N) is 3. The summed E-state index contributed by atoms with van der Waals surface area (Å²) in [5, 5.41) is 0. The number of halogens is 1. The highest BCUT2D eigenvalue weighted by Crippen LogP contribution is 2.23. The first-order valence-corrected chi connectivity index (χ1v) is 7.21. The SMILES string of the molecule is Cc1cn(C)c(C2CN(C(=O)c3ccccc3F)CCO2)n1. The number of aromatic nitrogens is 2. The molecule has 1 aliphatic rings. The molecule has 2 heterocycles. The van der Waals surface area contributed by atoms with E-state index >= 15 is 0 Å². The number of aryl methyl sites for hydroxylation is 2. The highest BCUT2D eigenvalue weighted by molar-refractivity contribution is 5.94. The number of imidazole rings is 1. The second kappa shape index (κ2) is 5.88. The summed E-state index contributed by atoms with van der Waals surface area (Å²) in [4.78, 5) is 18.6. The Balaban J connectivity index is 1.80. The fourth-order valence-electron chi connectivity index (χ4n) is 2.73. The molecule has 0 radical (unpaired) electrons. The normalized spacial score (nSPS) is 18.5. The number of hydrogen-bond donors (Lipinski definition) is 0. The van der Waals surface area contributed by atoms with Gasteiger partial charge in [-0.1, -0.05) is 12.1 Å². The Bertz CT molecular complexity index is 698. The molecule has 5 nitrogen and oxygen atoms in total. The zero-order valence-electron chi connectivity index (χ0n) is 12.6. The molecule has 116 valence electrons. The second-order valence-electron chi connectivity index (χ2n) is 5.44. The summed E-state index contributed by atoms with van der Waals surface area (Å²) in [6, 6.07) is 6.04. The van der Waals surface area contributed by atoms with Crippen LogP contribution >= 0.6 is 0 Å². The maximum atomic E-state index is 13.8. The summed E-state index contributed by atoms with van der Waals surface area (Å²) < 4.78 is 21.4. The van der Waals surface area contributed by atoms with Crippen molar-refractivity contribution < 1.29 is 13.9 Å². The van der Waals surface area contributed by atoms with Crippen LogP contribution in [0.5, 0.6) is 0 Å². The lowest BCUT2D eigenvalue weighted by Crippen LogP contribution is -2.43. The van der Waals surface area contributed by atoms with Gasteiger partial charge < -0.3 is 14.2 Å². The molecule has 0 aliphatic carbocycles. The lowest BCUT2D eigenvalue weighted by molar-refractivity contribution is -0.0280. The van der Waals surface area contributed by atoms with Crippen molar-refractivity contribution in [3.05, 3.63) is 53.4 Å². The summed E-state index contributed by atoms with van der Waals surface area (Å²) in [6.07, 6.45) is 1.62. The quantitative estimate of drug-likeness (QED) is 0.853. The van der Waals surface area contributed by atoms with Crippen LogP contribution in [0.25, 0.3) is 0 Å². The Labute approximate surface area is 128 Å². The molecular weight excluding hydrogens is 285 g/mol. The molecule has 1 fully saturated rings. The summed E-state index contributed by atoms with van der Waals surface area (Å²) >= 11 is 0. The van der Waals surface area contributed by atoms with Crippen LogP contribution in [0.15, 0.2) is 30.5 Å². The van der Waals surface area contributed by atoms with E-state index in [9.17, 15) is 9.18 Å². The van der Waals surface area contributed by atoms with Gasteiger partial charge in [-0.2, -0.15) is 0 Å². The van der Waals surface area contributed by atoms with E-state index in [1.807, 2.05) is 24.7 Å². The second-order valence-corrected chi connectivity index (χ2v) is 5.44. The van der Waals surface area contributed by atoms with Crippen LogP contribution in [0, 0.1) is 12.7 Å². The predicted molar refractivity (Wildman–Crippen MR) is 78.9 cm³/mol. The van der Waals surface area contributed by atoms with Crippen LogP contribution in [0.4, 0.5) is 4.39 Å². The zero-order chi connectivity index (χ0) is 15.7. The molecule has 0 saturated carbocycles. The minimum absolute atomic E-state index is 0.0965. The summed E-state index contributed by atoms with van der Waals surface area (Å²) in [6.45, 7) is 3.15. The summed E-state index contributed by atoms with van der Waals surface area (Å²) in [5.74, 6) is -0.0238. The largest absolute Gasteiger partial charge is 0.367 e. The van der Waals surface area contributed by atoms with Gasteiger partial charge in [0, 0.05) is 19.8 Å². The minimum Gasteiger partial charge on any atom is -0.367 e. The average molecular weight is 303 g/mol. The van der Waals surface area contributed by atoms with Gasteiger partial charge in [0.1, 0.15) is 17.7 Å². The van der Waals surface area contributed by atoms with E-state index in [1.54, 1.807) is 17.0 Å². The van der Waals surface area contributed by atoms with E-state index < -0.39 is 5.82 Å². The van der Waals surface area contributed by atoms with Crippen molar-refractivity contribution in [2.45, 2.75) is 13.0 Å². The fraction of sp³-hybridized carbons (Fsp3) is 0.375. The van der Waals surface area contributed by atoms with Crippen LogP contribution in [-0.4, -0.2) is 40.1 Å². The highest BCUT2D eigenvalue weighted by Gasteiger charge is 2.29. The van der Waals surface area contributed by atoms with Gasteiger partial charge in [-0.15, -0.1) is 0 Å². The Hall–Kier alpha value is -2.21. The first kappa shape index (κ1) is 14.7. The number of carbonyl (C=O) groups excluding carboxylic acids is 1. The lowest BCUT2D eigenvalue weighted by Gasteiger charge is -2.32. The van der Waals surface area contributed by atoms with Crippen molar-refractivity contribution in [2.24, 2.45) is 7.05 Å². The molecule has 0 N–H and O–H groups in total. The van der Waals surface area contributed by atoms with Crippen LogP contribution in [0.1, 0.15) is 28.0 Å². The van der Waals surface area contributed by atoms with Crippen molar-refractivity contribution in [3.63, 3.8) is 0 Å². The lowest BCUT2D eigenvalue weighted by atomic mass is 10.1. The molecule has 1 unspecified atom stereocenters. The monoisotopic (exact) mass is 303 g/mol. The number of benzene rings is 1. The molecule has 1 saturated heterocycles. The number of morpholine rings is 1. The van der Waals surface area contributed by atoms with Crippen molar-refractivity contribution in [2.75, 3.05) is 19.7 Å². The maximum Gasteiger partial charge on any atom is 0.257 e. The summed E-state index contributed by atoms with van der Waals surface area (Å²) in [7, 11) is 1.90. The van der Waals surface area contributed by atoms with Crippen LogP contribution in [0.3, 0.4) is 0 Å². The molecule has 1 aromatic heterocycles. The maximum absolute atomic E-state index is 13.8. The number of amides is 1. The van der Waals surface area contributed by atoms with E-state index in [-0.39, 0.29) is 17.6 Å². The zero-order valence-corrected chi connectivity index (χ0v) is 12.6. The predicted octanol–water partition coefficient (Wildman–Crippen LogP) is 2.08. The number of rotatable bonds is 2. The first-order valence-electron chi connectivity index (χ1n) is 7.21.